The van der Waals surface area contributed by atoms with E-state index >= 15 is 0 Å². The van der Waals surface area contributed by atoms with Crippen molar-refractivity contribution in [2.45, 2.75) is 26.3 Å². The van der Waals surface area contributed by atoms with Gasteiger partial charge < -0.3 is 5.32 Å². The van der Waals surface area contributed by atoms with E-state index in [1.54, 1.807) is 24.3 Å². The van der Waals surface area contributed by atoms with Crippen LogP contribution in [0.3, 0.4) is 0 Å². The molecule has 1 amide bonds. The van der Waals surface area contributed by atoms with Crippen LogP contribution in [-0.2, 0) is 11.2 Å². The molecule has 30 heavy (non-hydrogen) atoms. The molecule has 1 aromatic heterocycles. The molecule has 0 bridgehead atoms. The normalized spacial score (nSPS) is 16.1. The Morgan fingerprint density at radius 3 is 2.70 bits per heavy atom. The second-order valence-electron chi connectivity index (χ2n) is 7.54. The van der Waals surface area contributed by atoms with Gasteiger partial charge in [-0.3, -0.25) is 19.8 Å². The lowest BCUT2D eigenvalue weighted by molar-refractivity contribution is -0.384. The molecule has 1 N–H and O–H groups in total. The van der Waals surface area contributed by atoms with E-state index in [0.29, 0.717) is 0 Å². The number of hydrogen-bond acceptors (Lipinski definition) is 5. The van der Waals surface area contributed by atoms with Crippen molar-refractivity contribution in [2.24, 2.45) is 0 Å². The fourth-order valence-electron chi connectivity index (χ4n) is 4.04. The number of nitro benzene ring substituents is 1. The summed E-state index contributed by atoms with van der Waals surface area (Å²) in [6.45, 7) is 4.60. The van der Waals surface area contributed by atoms with Crippen molar-refractivity contribution < 1.29 is 9.72 Å². The molecule has 0 unspecified atom stereocenters. The molecule has 4 rings (SSSR count). The van der Waals surface area contributed by atoms with Gasteiger partial charge in [0.15, 0.2) is 0 Å². The number of nitro groups is 1. The predicted molar refractivity (Wildman–Crippen MR) is 119 cm³/mol. The first kappa shape index (κ1) is 20.3. The average molecular weight is 422 g/mol. The van der Waals surface area contributed by atoms with Crippen LogP contribution in [-0.4, -0.2) is 28.8 Å². The summed E-state index contributed by atoms with van der Waals surface area (Å²) in [5.74, 6) is -0.244. The van der Waals surface area contributed by atoms with Crippen molar-refractivity contribution in [3.05, 3.63) is 91.2 Å². The van der Waals surface area contributed by atoms with Gasteiger partial charge in [0.25, 0.3) is 5.69 Å². The molecule has 0 saturated carbocycles. The molecule has 1 aliphatic heterocycles. The Kier molecular flexibility index (Phi) is 5.65. The van der Waals surface area contributed by atoms with Gasteiger partial charge in [-0.1, -0.05) is 36.4 Å². The molecular weight excluding hydrogens is 398 g/mol. The van der Waals surface area contributed by atoms with E-state index in [0.717, 1.165) is 29.7 Å². The van der Waals surface area contributed by atoms with Crippen molar-refractivity contribution in [2.75, 3.05) is 18.4 Å². The second-order valence-corrected chi connectivity index (χ2v) is 8.54. The van der Waals surface area contributed by atoms with Gasteiger partial charge in [0.05, 0.1) is 17.5 Å². The number of thiophene rings is 1. The first-order valence-electron chi connectivity index (χ1n) is 9.85. The highest BCUT2D eigenvalue weighted by molar-refractivity contribution is 7.10. The number of nitrogens with zero attached hydrogens (tertiary/aromatic N) is 2. The lowest BCUT2D eigenvalue weighted by Gasteiger charge is -2.35. The molecule has 3 aromatic rings. The van der Waals surface area contributed by atoms with Gasteiger partial charge in [0.2, 0.25) is 5.91 Å². The Morgan fingerprint density at radius 1 is 1.20 bits per heavy atom. The smallest absolute Gasteiger partial charge is 0.293 e. The summed E-state index contributed by atoms with van der Waals surface area (Å²) in [7, 11) is 0. The van der Waals surface area contributed by atoms with Crippen LogP contribution < -0.4 is 5.32 Å². The maximum Gasteiger partial charge on any atom is 0.293 e. The van der Waals surface area contributed by atoms with Crippen molar-refractivity contribution in [3.8, 4) is 0 Å². The van der Waals surface area contributed by atoms with Gasteiger partial charge in [-0.25, -0.2) is 0 Å². The van der Waals surface area contributed by atoms with Crippen molar-refractivity contribution >= 4 is 28.6 Å². The fraction of sp³-hybridized carbons (Fsp3) is 0.261. The Balaban J connectivity index is 1.61. The van der Waals surface area contributed by atoms with Crippen LogP contribution in [0, 0.1) is 24.0 Å². The van der Waals surface area contributed by atoms with E-state index in [2.05, 4.69) is 33.8 Å². The van der Waals surface area contributed by atoms with Crippen LogP contribution >= 0.6 is 11.3 Å². The maximum absolute atomic E-state index is 13.0. The molecular formula is C23H23N3O3S. The van der Waals surface area contributed by atoms with Crippen molar-refractivity contribution in [1.82, 2.24) is 4.90 Å². The monoisotopic (exact) mass is 421 g/mol. The third-order valence-electron chi connectivity index (χ3n) is 5.70. The van der Waals surface area contributed by atoms with Crippen LogP contribution in [0.4, 0.5) is 11.4 Å². The molecule has 7 heteroatoms. The summed E-state index contributed by atoms with van der Waals surface area (Å²) in [6.07, 6.45) is 0.896. The number of rotatable bonds is 5. The number of carbonyl (C=O) groups excluding carboxylic acids is 1. The van der Waals surface area contributed by atoms with Gasteiger partial charge in [-0.15, -0.1) is 11.3 Å². The summed E-state index contributed by atoms with van der Waals surface area (Å²) in [4.78, 5) is 27.5. The van der Waals surface area contributed by atoms with Crippen LogP contribution in [0.25, 0.3) is 0 Å². The molecule has 1 aliphatic rings. The number of amides is 1. The van der Waals surface area contributed by atoms with E-state index < -0.39 is 4.92 Å². The quantitative estimate of drug-likeness (QED) is 0.472. The molecule has 0 radical (unpaired) electrons. The predicted octanol–water partition coefficient (Wildman–Crippen LogP) is 4.86. The molecule has 0 fully saturated rings. The molecule has 2 aromatic carbocycles. The third-order valence-corrected chi connectivity index (χ3v) is 6.70. The molecule has 0 aliphatic carbocycles. The lowest BCUT2D eigenvalue weighted by atomic mass is 9.93. The first-order valence-corrected chi connectivity index (χ1v) is 10.7. The minimum atomic E-state index is -0.451. The third kappa shape index (κ3) is 3.86. The van der Waals surface area contributed by atoms with Crippen molar-refractivity contribution in [1.29, 1.82) is 0 Å². The number of aryl methyl sites for hydroxylation is 1. The molecule has 0 spiro atoms. The van der Waals surface area contributed by atoms with Gasteiger partial charge in [0.1, 0.15) is 5.69 Å². The number of hydrogen-bond donors (Lipinski definition) is 1. The zero-order valence-electron chi connectivity index (χ0n) is 16.9. The maximum atomic E-state index is 13.0. The second kappa shape index (κ2) is 8.38. The molecule has 2 heterocycles. The van der Waals surface area contributed by atoms with Crippen LogP contribution in [0.5, 0.6) is 0 Å². The van der Waals surface area contributed by atoms with Gasteiger partial charge in [0, 0.05) is 17.5 Å². The van der Waals surface area contributed by atoms with Crippen LogP contribution in [0.1, 0.15) is 33.2 Å². The topological polar surface area (TPSA) is 75.5 Å². The number of anilines is 1. The van der Waals surface area contributed by atoms with E-state index in [-0.39, 0.29) is 29.9 Å². The molecule has 1 atom stereocenters. The highest BCUT2D eigenvalue weighted by Gasteiger charge is 2.31. The summed E-state index contributed by atoms with van der Waals surface area (Å²) in [6, 6.07) is 15.5. The summed E-state index contributed by atoms with van der Waals surface area (Å²) >= 11 is 1.75. The minimum absolute atomic E-state index is 0.000502. The minimum Gasteiger partial charge on any atom is -0.319 e. The highest BCUT2D eigenvalue weighted by atomic mass is 32.1. The number of fused-ring (bicyclic) bond motifs is 1. The van der Waals surface area contributed by atoms with E-state index in [9.17, 15) is 14.9 Å². The summed E-state index contributed by atoms with van der Waals surface area (Å²) in [5, 5.41) is 16.4. The number of nitrogens with one attached hydrogen (secondary N) is 1. The highest BCUT2D eigenvalue weighted by Crippen LogP contribution is 2.37. The Morgan fingerprint density at radius 2 is 1.97 bits per heavy atom. The van der Waals surface area contributed by atoms with Gasteiger partial charge >= 0.3 is 0 Å². The van der Waals surface area contributed by atoms with E-state index in [4.69, 9.17) is 0 Å². The Labute approximate surface area is 179 Å². The first-order chi connectivity index (χ1) is 14.5. The summed E-state index contributed by atoms with van der Waals surface area (Å²) in [5.41, 5.74) is 4.21. The molecule has 6 nitrogen and oxygen atoms in total. The van der Waals surface area contributed by atoms with E-state index in [1.165, 1.54) is 16.5 Å². The lowest BCUT2D eigenvalue weighted by Crippen LogP contribution is -2.40. The molecule has 0 saturated heterocycles. The Hall–Kier alpha value is -3.03. The average Bonchev–Trinajstić information content (AvgIpc) is 3.20. The largest absolute Gasteiger partial charge is 0.319 e. The van der Waals surface area contributed by atoms with E-state index in [1.807, 2.05) is 25.1 Å². The van der Waals surface area contributed by atoms with Crippen LogP contribution in [0.2, 0.25) is 0 Å². The standard InChI is InChI=1S/C23H23N3O3S/c1-15-8-9-19(26(28)29)22(16(15)2)24-21(27)14-25-12-10-20-18(11-13-30-20)23(25)17-6-4-3-5-7-17/h3-9,11,13,23H,10,12,14H2,1-2H3,(H,24,27)/t23-/m1/s1. The number of carbonyl (C=O) groups is 1. The van der Waals surface area contributed by atoms with Crippen molar-refractivity contribution in [3.63, 3.8) is 0 Å². The van der Waals surface area contributed by atoms with Gasteiger partial charge in [-0.2, -0.15) is 0 Å². The zero-order chi connectivity index (χ0) is 21.3. The molecule has 154 valence electrons. The van der Waals surface area contributed by atoms with Crippen LogP contribution in [0.15, 0.2) is 53.9 Å². The number of benzene rings is 2. The SMILES string of the molecule is Cc1ccc([N+](=O)[O-])c(NC(=O)CN2CCc3sccc3[C@H]2c2ccccc2)c1C. The summed E-state index contributed by atoms with van der Waals surface area (Å²) < 4.78 is 0. The fourth-order valence-corrected chi connectivity index (χ4v) is 4.94. The zero-order valence-corrected chi connectivity index (χ0v) is 17.7. The Bertz CT molecular complexity index is 1090. The van der Waals surface area contributed by atoms with Gasteiger partial charge in [-0.05, 0) is 54.0 Å².